The van der Waals surface area contributed by atoms with Gasteiger partial charge in [-0.25, -0.2) is 4.90 Å². The molecule has 0 bridgehead atoms. The Morgan fingerprint density at radius 2 is 1.50 bits per heavy atom. The molecule has 0 spiro atoms. The van der Waals surface area contributed by atoms with E-state index in [4.69, 9.17) is 0 Å². The van der Waals surface area contributed by atoms with Crippen molar-refractivity contribution < 1.29 is 24.2 Å². The number of rotatable bonds is 5. The van der Waals surface area contributed by atoms with Crippen LogP contribution in [0.25, 0.3) is 6.08 Å². The molecule has 4 atom stereocenters. The average Bonchev–Trinajstić information content (AvgIpc) is 3.42. The highest BCUT2D eigenvalue weighted by Gasteiger charge is 2.64. The Kier molecular flexibility index (Phi) is 5.68. The molecule has 0 aromatic heterocycles. The van der Waals surface area contributed by atoms with Crippen molar-refractivity contribution in [3.8, 4) is 0 Å². The van der Waals surface area contributed by atoms with Gasteiger partial charge in [-0.05, 0) is 36.2 Å². The number of nitrogens with one attached hydrogen (secondary N) is 1. The maximum absolute atomic E-state index is 14.0. The van der Waals surface area contributed by atoms with Gasteiger partial charge in [0.2, 0.25) is 17.7 Å². The van der Waals surface area contributed by atoms with Crippen molar-refractivity contribution in [2.75, 3.05) is 15.1 Å². The molecule has 3 aromatic rings. The summed E-state index contributed by atoms with van der Waals surface area (Å²) in [5.41, 5.74) is 2.00. The number of non-ortho nitro benzene ring substituents is 2. The van der Waals surface area contributed by atoms with E-state index < -0.39 is 51.5 Å². The van der Waals surface area contributed by atoms with Crippen LogP contribution in [0.1, 0.15) is 11.1 Å². The van der Waals surface area contributed by atoms with Crippen LogP contribution < -0.4 is 15.1 Å². The number of hydrogen-bond donors (Lipinski definition) is 1. The third-order valence-corrected chi connectivity index (χ3v) is 7.67. The Labute approximate surface area is 226 Å². The first-order valence-electron chi connectivity index (χ1n) is 12.4. The van der Waals surface area contributed by atoms with E-state index in [1.165, 1.54) is 42.5 Å². The van der Waals surface area contributed by atoms with Gasteiger partial charge in [-0.1, -0.05) is 36.4 Å². The van der Waals surface area contributed by atoms with E-state index in [0.717, 1.165) is 10.5 Å². The number of nitro benzene ring substituents is 2. The minimum absolute atomic E-state index is 0.111. The van der Waals surface area contributed by atoms with E-state index >= 15 is 0 Å². The first-order valence-corrected chi connectivity index (χ1v) is 12.4. The van der Waals surface area contributed by atoms with Crippen molar-refractivity contribution in [2.45, 2.75) is 19.0 Å². The number of hydrogen-bond acceptors (Lipinski definition) is 8. The molecule has 0 unspecified atom stereocenters. The number of amides is 3. The zero-order valence-electron chi connectivity index (χ0n) is 21.0. The van der Waals surface area contributed by atoms with Crippen LogP contribution in [0.15, 0.2) is 72.8 Å². The predicted octanol–water partition coefficient (Wildman–Crippen LogP) is 3.84. The van der Waals surface area contributed by atoms with Crippen LogP contribution in [-0.4, -0.2) is 39.7 Å². The average molecular weight is 540 g/mol. The molecule has 3 aliphatic rings. The largest absolute Gasteiger partial charge is 0.351 e. The predicted molar refractivity (Wildman–Crippen MR) is 145 cm³/mol. The number of imide groups is 1. The van der Waals surface area contributed by atoms with Crippen LogP contribution >= 0.6 is 0 Å². The summed E-state index contributed by atoms with van der Waals surface area (Å²) in [5.74, 6) is -3.71. The van der Waals surface area contributed by atoms with E-state index in [-0.39, 0.29) is 17.1 Å². The minimum Gasteiger partial charge on any atom is -0.351 e. The second kappa shape index (κ2) is 9.12. The number of carbonyl (C=O) groups is 3. The van der Waals surface area contributed by atoms with Gasteiger partial charge in [-0.15, -0.1) is 0 Å². The molecule has 6 rings (SSSR count). The zero-order chi connectivity index (χ0) is 28.3. The fourth-order valence-corrected chi connectivity index (χ4v) is 5.89. The van der Waals surface area contributed by atoms with E-state index in [9.17, 15) is 34.6 Å². The number of fused-ring (bicyclic) bond motifs is 5. The van der Waals surface area contributed by atoms with Crippen LogP contribution in [0.2, 0.25) is 0 Å². The van der Waals surface area contributed by atoms with Crippen molar-refractivity contribution in [1.29, 1.82) is 0 Å². The molecule has 0 saturated carbocycles. The Bertz CT molecular complexity index is 1650. The number of nitro groups is 2. The molecule has 2 saturated heterocycles. The van der Waals surface area contributed by atoms with Gasteiger partial charge in [-0.3, -0.25) is 34.6 Å². The molecule has 3 amide bonds. The van der Waals surface area contributed by atoms with E-state index in [2.05, 4.69) is 5.32 Å². The second-order valence-corrected chi connectivity index (χ2v) is 9.85. The van der Waals surface area contributed by atoms with E-state index in [0.29, 0.717) is 16.9 Å². The molecule has 2 fully saturated rings. The summed E-state index contributed by atoms with van der Waals surface area (Å²) in [7, 11) is 0. The Morgan fingerprint density at radius 1 is 0.850 bits per heavy atom. The maximum atomic E-state index is 14.0. The molecule has 12 nitrogen and oxygen atoms in total. The Morgan fingerprint density at radius 3 is 2.20 bits per heavy atom. The highest BCUT2D eigenvalue weighted by molar-refractivity contribution is 6.25. The molecule has 3 heterocycles. The third-order valence-electron chi connectivity index (χ3n) is 7.67. The molecule has 0 radical (unpaired) electrons. The third kappa shape index (κ3) is 3.72. The summed E-state index contributed by atoms with van der Waals surface area (Å²) in [6.07, 6.45) is 3.65. The standard InChI is InChI=1S/C28H21N5O7/c1-15-6-10-19(33(39)40)14-22(15)31-27(35)23-21-13-7-16-4-2-3-5-20(16)30(21)25(24(23)28(31)36)26(34)29-17-8-11-18(12-9-17)32(37)38/h2-14,21,23-25H,1H3,(H,29,34)/t21-,23-,24+,25-/m0/s1. The number of anilines is 3. The van der Waals surface area contributed by atoms with Gasteiger partial charge in [0, 0.05) is 35.6 Å². The van der Waals surface area contributed by atoms with Crippen LogP contribution in [0.4, 0.5) is 28.4 Å². The molecule has 3 aromatic carbocycles. The summed E-state index contributed by atoms with van der Waals surface area (Å²) >= 11 is 0. The summed E-state index contributed by atoms with van der Waals surface area (Å²) in [6.45, 7) is 1.65. The van der Waals surface area contributed by atoms with E-state index in [1.54, 1.807) is 24.0 Å². The van der Waals surface area contributed by atoms with Crippen molar-refractivity contribution >= 4 is 52.2 Å². The van der Waals surface area contributed by atoms with E-state index in [1.807, 2.05) is 24.3 Å². The first kappa shape index (κ1) is 24.9. The SMILES string of the molecule is Cc1ccc([N+](=O)[O-])cc1N1C(=O)[C@@H]2[C@@H](C1=O)[C@@H]1C=Cc3ccccc3N1[C@@H]2C(=O)Nc1ccc([N+](=O)[O-])cc1. The van der Waals surface area contributed by atoms with Crippen LogP contribution in [-0.2, 0) is 14.4 Å². The summed E-state index contributed by atoms with van der Waals surface area (Å²) in [6, 6.07) is 14.9. The monoisotopic (exact) mass is 539 g/mol. The van der Waals surface area contributed by atoms with Gasteiger partial charge in [0.1, 0.15) is 6.04 Å². The van der Waals surface area contributed by atoms with Gasteiger partial charge >= 0.3 is 0 Å². The number of nitrogens with zero attached hydrogens (tertiary/aromatic N) is 4. The van der Waals surface area contributed by atoms with Crippen molar-refractivity contribution in [3.05, 3.63) is 104 Å². The highest BCUT2D eigenvalue weighted by atomic mass is 16.6. The lowest BCUT2D eigenvalue weighted by Crippen LogP contribution is -2.50. The molecule has 0 aliphatic carbocycles. The summed E-state index contributed by atoms with van der Waals surface area (Å²) in [4.78, 5) is 65.8. The molecular weight excluding hydrogens is 518 g/mol. The van der Waals surface area contributed by atoms with Crippen molar-refractivity contribution in [1.82, 2.24) is 0 Å². The van der Waals surface area contributed by atoms with Crippen LogP contribution in [0.5, 0.6) is 0 Å². The molecular formula is C28H21N5O7. The van der Waals surface area contributed by atoms with Gasteiger partial charge in [0.05, 0.1) is 33.4 Å². The molecule has 1 N–H and O–H groups in total. The fourth-order valence-electron chi connectivity index (χ4n) is 5.89. The van der Waals surface area contributed by atoms with Gasteiger partial charge < -0.3 is 10.2 Å². The highest BCUT2D eigenvalue weighted by Crippen LogP contribution is 2.49. The Balaban J connectivity index is 1.43. The van der Waals surface area contributed by atoms with Gasteiger partial charge in [-0.2, -0.15) is 0 Å². The molecule has 40 heavy (non-hydrogen) atoms. The summed E-state index contributed by atoms with van der Waals surface area (Å²) in [5, 5.41) is 25.2. The smallest absolute Gasteiger partial charge is 0.271 e. The Hall–Kier alpha value is -5.39. The van der Waals surface area contributed by atoms with Crippen molar-refractivity contribution in [2.24, 2.45) is 11.8 Å². The lowest BCUT2D eigenvalue weighted by molar-refractivity contribution is -0.385. The number of aryl methyl sites for hydroxylation is 1. The normalized spacial score (nSPS) is 22.5. The second-order valence-electron chi connectivity index (χ2n) is 9.85. The number of carbonyl (C=O) groups excluding carboxylic acids is 3. The van der Waals surface area contributed by atoms with Gasteiger partial charge in [0.15, 0.2) is 0 Å². The minimum atomic E-state index is -1.10. The zero-order valence-corrected chi connectivity index (χ0v) is 21.0. The quantitative estimate of drug-likeness (QED) is 0.291. The lowest BCUT2D eigenvalue weighted by atomic mass is 9.88. The maximum Gasteiger partial charge on any atom is 0.271 e. The number of para-hydroxylation sites is 1. The number of benzene rings is 3. The van der Waals surface area contributed by atoms with Crippen LogP contribution in [0, 0.1) is 39.0 Å². The van der Waals surface area contributed by atoms with Crippen molar-refractivity contribution in [3.63, 3.8) is 0 Å². The van der Waals surface area contributed by atoms with Gasteiger partial charge in [0.25, 0.3) is 11.4 Å². The lowest BCUT2D eigenvalue weighted by Gasteiger charge is -2.36. The molecule has 200 valence electrons. The molecule has 12 heteroatoms. The summed E-state index contributed by atoms with van der Waals surface area (Å²) < 4.78 is 0. The van der Waals surface area contributed by atoms with Crippen LogP contribution in [0.3, 0.4) is 0 Å². The fraction of sp³-hybridized carbons (Fsp3) is 0.179. The topological polar surface area (TPSA) is 156 Å². The first-order chi connectivity index (χ1) is 19.2. The molecule has 3 aliphatic heterocycles.